The van der Waals surface area contributed by atoms with E-state index in [2.05, 4.69) is 0 Å². The van der Waals surface area contributed by atoms with Crippen LogP contribution < -0.4 is 0 Å². The molecule has 0 heterocycles. The SMILES string of the molecule is COC(C)CCC(=O)N(C)C. The van der Waals surface area contributed by atoms with Gasteiger partial charge in [0.1, 0.15) is 0 Å². The van der Waals surface area contributed by atoms with Gasteiger partial charge in [-0.05, 0) is 13.3 Å². The minimum atomic E-state index is 0.161. The normalized spacial score (nSPS) is 12.7. The van der Waals surface area contributed by atoms with Crippen molar-refractivity contribution in [1.82, 2.24) is 4.90 Å². The number of hydrogen-bond acceptors (Lipinski definition) is 2. The maximum absolute atomic E-state index is 11.0. The number of hydrogen-bond donors (Lipinski definition) is 0. The van der Waals surface area contributed by atoms with Crippen LogP contribution in [0.25, 0.3) is 0 Å². The van der Waals surface area contributed by atoms with Gasteiger partial charge in [-0.2, -0.15) is 0 Å². The number of nitrogens with zero attached hydrogens (tertiary/aromatic N) is 1. The summed E-state index contributed by atoms with van der Waals surface area (Å²) in [6.07, 6.45) is 1.55. The fraction of sp³-hybridized carbons (Fsp3) is 0.875. The number of carbonyl (C=O) groups is 1. The molecule has 3 heteroatoms. The van der Waals surface area contributed by atoms with Crippen molar-refractivity contribution in [3.8, 4) is 0 Å². The Morgan fingerprint density at radius 3 is 2.45 bits per heavy atom. The first-order valence-corrected chi connectivity index (χ1v) is 3.81. The van der Waals surface area contributed by atoms with Crippen molar-refractivity contribution in [2.24, 2.45) is 0 Å². The summed E-state index contributed by atoms with van der Waals surface area (Å²) in [7, 11) is 5.18. The molecule has 0 saturated carbocycles. The molecule has 0 aromatic rings. The second-order valence-electron chi connectivity index (χ2n) is 2.87. The van der Waals surface area contributed by atoms with Crippen LogP contribution in [0.2, 0.25) is 0 Å². The zero-order valence-electron chi connectivity index (χ0n) is 7.76. The highest BCUT2D eigenvalue weighted by atomic mass is 16.5. The molecule has 0 spiro atoms. The van der Waals surface area contributed by atoms with Gasteiger partial charge >= 0.3 is 0 Å². The first-order valence-electron chi connectivity index (χ1n) is 3.81. The first kappa shape index (κ1) is 10.4. The van der Waals surface area contributed by atoms with E-state index in [0.29, 0.717) is 6.42 Å². The molecule has 0 rings (SSSR count). The Balaban J connectivity index is 3.46. The molecule has 3 nitrogen and oxygen atoms in total. The average molecular weight is 159 g/mol. The van der Waals surface area contributed by atoms with Gasteiger partial charge in [-0.1, -0.05) is 0 Å². The van der Waals surface area contributed by atoms with E-state index in [0.717, 1.165) is 6.42 Å². The summed E-state index contributed by atoms with van der Waals surface area (Å²) in [5.74, 6) is 0.161. The van der Waals surface area contributed by atoms with E-state index in [4.69, 9.17) is 4.74 Å². The maximum Gasteiger partial charge on any atom is 0.222 e. The predicted octanol–water partition coefficient (Wildman–Crippen LogP) is 0.890. The number of amides is 1. The molecule has 0 aliphatic carbocycles. The summed E-state index contributed by atoms with van der Waals surface area (Å²) in [4.78, 5) is 12.6. The van der Waals surface area contributed by atoms with E-state index in [1.165, 1.54) is 0 Å². The third-order valence-electron chi connectivity index (χ3n) is 1.67. The fourth-order valence-electron chi connectivity index (χ4n) is 0.668. The largest absolute Gasteiger partial charge is 0.382 e. The van der Waals surface area contributed by atoms with Crippen LogP contribution in [0, 0.1) is 0 Å². The van der Waals surface area contributed by atoms with Crippen LogP contribution in [0.15, 0.2) is 0 Å². The first-order chi connectivity index (χ1) is 5.07. The highest BCUT2D eigenvalue weighted by Gasteiger charge is 2.06. The van der Waals surface area contributed by atoms with Crippen molar-refractivity contribution in [1.29, 1.82) is 0 Å². The summed E-state index contributed by atoms with van der Waals surface area (Å²) >= 11 is 0. The van der Waals surface area contributed by atoms with Crippen molar-refractivity contribution >= 4 is 5.91 Å². The van der Waals surface area contributed by atoms with Crippen LogP contribution in [0.1, 0.15) is 19.8 Å². The van der Waals surface area contributed by atoms with Crippen molar-refractivity contribution in [3.05, 3.63) is 0 Å². The Bertz CT molecular complexity index is 123. The quantitative estimate of drug-likeness (QED) is 0.609. The molecule has 1 atom stereocenters. The molecule has 11 heavy (non-hydrogen) atoms. The van der Waals surface area contributed by atoms with Gasteiger partial charge in [0.15, 0.2) is 0 Å². The Hall–Kier alpha value is -0.570. The van der Waals surface area contributed by atoms with Crippen LogP contribution in [0.4, 0.5) is 0 Å². The molecule has 66 valence electrons. The molecule has 0 aliphatic heterocycles. The van der Waals surface area contributed by atoms with Crippen molar-refractivity contribution < 1.29 is 9.53 Å². The standard InChI is InChI=1S/C8H17NO2/c1-7(11-4)5-6-8(10)9(2)3/h7H,5-6H2,1-4H3. The molecule has 0 N–H and O–H groups in total. The third kappa shape index (κ3) is 4.79. The molecule has 0 aromatic heterocycles. The van der Waals surface area contributed by atoms with E-state index in [-0.39, 0.29) is 12.0 Å². The van der Waals surface area contributed by atoms with Gasteiger partial charge < -0.3 is 9.64 Å². The predicted molar refractivity (Wildman–Crippen MR) is 44.4 cm³/mol. The zero-order valence-corrected chi connectivity index (χ0v) is 7.76. The minimum Gasteiger partial charge on any atom is -0.382 e. The number of rotatable bonds is 4. The molecule has 0 fully saturated rings. The van der Waals surface area contributed by atoms with E-state index in [1.807, 2.05) is 6.92 Å². The third-order valence-corrected chi connectivity index (χ3v) is 1.67. The van der Waals surface area contributed by atoms with E-state index >= 15 is 0 Å². The molecule has 0 aliphatic rings. The Morgan fingerprint density at radius 2 is 2.09 bits per heavy atom. The molecule has 0 radical (unpaired) electrons. The highest BCUT2D eigenvalue weighted by molar-refractivity contribution is 5.75. The van der Waals surface area contributed by atoms with Crippen LogP contribution in [0.5, 0.6) is 0 Å². The van der Waals surface area contributed by atoms with Crippen LogP contribution in [0.3, 0.4) is 0 Å². The van der Waals surface area contributed by atoms with Crippen LogP contribution >= 0.6 is 0 Å². The Morgan fingerprint density at radius 1 is 1.55 bits per heavy atom. The summed E-state index contributed by atoms with van der Waals surface area (Å²) in [5.41, 5.74) is 0. The number of methoxy groups -OCH3 is 1. The van der Waals surface area contributed by atoms with Gasteiger partial charge in [0.25, 0.3) is 0 Å². The zero-order chi connectivity index (χ0) is 8.85. The summed E-state index contributed by atoms with van der Waals surface area (Å²) in [5, 5.41) is 0. The van der Waals surface area contributed by atoms with Crippen molar-refractivity contribution in [3.63, 3.8) is 0 Å². The van der Waals surface area contributed by atoms with Crippen LogP contribution in [-0.2, 0) is 9.53 Å². The van der Waals surface area contributed by atoms with Gasteiger partial charge in [-0.25, -0.2) is 0 Å². The fourth-order valence-corrected chi connectivity index (χ4v) is 0.668. The number of ether oxygens (including phenoxy) is 1. The Labute approximate surface area is 68.3 Å². The van der Waals surface area contributed by atoms with Gasteiger partial charge in [-0.3, -0.25) is 4.79 Å². The van der Waals surface area contributed by atoms with Crippen molar-refractivity contribution in [2.75, 3.05) is 21.2 Å². The lowest BCUT2D eigenvalue weighted by Crippen LogP contribution is -2.22. The Kier molecular flexibility index (Phi) is 4.86. The molecule has 0 bridgehead atoms. The summed E-state index contributed by atoms with van der Waals surface area (Å²) in [6, 6.07) is 0. The maximum atomic E-state index is 11.0. The topological polar surface area (TPSA) is 29.5 Å². The lowest BCUT2D eigenvalue weighted by atomic mass is 10.2. The summed E-state index contributed by atoms with van der Waals surface area (Å²) < 4.78 is 5.01. The molecular weight excluding hydrogens is 142 g/mol. The molecule has 1 unspecified atom stereocenters. The second kappa shape index (κ2) is 5.13. The lowest BCUT2D eigenvalue weighted by Gasteiger charge is -2.12. The minimum absolute atomic E-state index is 0.161. The van der Waals surface area contributed by atoms with Gasteiger partial charge in [0.2, 0.25) is 5.91 Å². The number of carbonyl (C=O) groups excluding carboxylic acids is 1. The van der Waals surface area contributed by atoms with E-state index in [1.54, 1.807) is 26.1 Å². The highest BCUT2D eigenvalue weighted by Crippen LogP contribution is 2.01. The molecule has 0 aromatic carbocycles. The molecule has 1 amide bonds. The summed E-state index contributed by atoms with van der Waals surface area (Å²) in [6.45, 7) is 1.96. The van der Waals surface area contributed by atoms with Crippen LogP contribution in [-0.4, -0.2) is 38.1 Å². The van der Waals surface area contributed by atoms with Gasteiger partial charge in [0.05, 0.1) is 6.10 Å². The van der Waals surface area contributed by atoms with E-state index in [9.17, 15) is 4.79 Å². The smallest absolute Gasteiger partial charge is 0.222 e. The molecular formula is C8H17NO2. The molecule has 0 saturated heterocycles. The monoisotopic (exact) mass is 159 g/mol. The second-order valence-corrected chi connectivity index (χ2v) is 2.87. The lowest BCUT2D eigenvalue weighted by molar-refractivity contribution is -0.129. The van der Waals surface area contributed by atoms with Crippen molar-refractivity contribution in [2.45, 2.75) is 25.9 Å². The van der Waals surface area contributed by atoms with Gasteiger partial charge in [-0.15, -0.1) is 0 Å². The van der Waals surface area contributed by atoms with Gasteiger partial charge in [0, 0.05) is 27.6 Å². The van der Waals surface area contributed by atoms with E-state index < -0.39 is 0 Å². The average Bonchev–Trinajstić information content (AvgIpc) is 1.99.